The molecular formula is C42H27N. The summed E-state index contributed by atoms with van der Waals surface area (Å²) < 4.78 is 2.41. The summed E-state index contributed by atoms with van der Waals surface area (Å²) in [5, 5.41) is 10.2. The molecule has 1 nitrogen and oxygen atoms in total. The highest BCUT2D eigenvalue weighted by Gasteiger charge is 2.19. The molecule has 8 aromatic carbocycles. The summed E-state index contributed by atoms with van der Waals surface area (Å²) in [5.74, 6) is 0. The van der Waals surface area contributed by atoms with Gasteiger partial charge in [0, 0.05) is 16.5 Å². The molecule has 200 valence electrons. The molecule has 0 saturated heterocycles. The first-order valence-corrected chi connectivity index (χ1v) is 14.9. The number of rotatable bonds is 3. The summed E-state index contributed by atoms with van der Waals surface area (Å²) in [6.07, 6.45) is 0. The van der Waals surface area contributed by atoms with Crippen molar-refractivity contribution in [3.63, 3.8) is 0 Å². The summed E-state index contributed by atoms with van der Waals surface area (Å²) in [6, 6.07) is 59.7. The van der Waals surface area contributed by atoms with Crippen LogP contribution in [0.4, 0.5) is 0 Å². The molecule has 0 saturated carbocycles. The average Bonchev–Trinajstić information content (AvgIpc) is 3.41. The maximum Gasteiger partial charge on any atom is 0.0547 e. The maximum absolute atomic E-state index is 2.41. The summed E-state index contributed by atoms with van der Waals surface area (Å²) >= 11 is 0. The molecule has 9 aromatic rings. The highest BCUT2D eigenvalue weighted by molar-refractivity contribution is 6.24. The zero-order valence-electron chi connectivity index (χ0n) is 23.5. The number of benzene rings is 8. The Bertz CT molecular complexity index is 2440. The van der Waals surface area contributed by atoms with Gasteiger partial charge in [0.25, 0.3) is 0 Å². The Labute approximate surface area is 249 Å². The lowest BCUT2D eigenvalue weighted by molar-refractivity contribution is 1.18. The van der Waals surface area contributed by atoms with Gasteiger partial charge in [0.15, 0.2) is 0 Å². The van der Waals surface area contributed by atoms with Crippen LogP contribution in [0.25, 0.3) is 82.1 Å². The molecule has 1 heterocycles. The molecule has 0 aliphatic rings. The van der Waals surface area contributed by atoms with Gasteiger partial charge in [-0.25, -0.2) is 0 Å². The van der Waals surface area contributed by atoms with Crippen LogP contribution in [0.1, 0.15) is 0 Å². The summed E-state index contributed by atoms with van der Waals surface area (Å²) in [5.41, 5.74) is 8.69. The van der Waals surface area contributed by atoms with Crippen LogP contribution < -0.4 is 0 Å². The lowest BCUT2D eigenvalue weighted by Gasteiger charge is -2.19. The molecule has 0 amide bonds. The number of fused-ring (bicyclic) bond motifs is 6. The third-order valence-corrected chi connectivity index (χ3v) is 8.97. The van der Waals surface area contributed by atoms with E-state index in [1.165, 1.54) is 82.1 Å². The molecule has 0 bridgehead atoms. The van der Waals surface area contributed by atoms with E-state index in [1.807, 2.05) is 0 Å². The van der Waals surface area contributed by atoms with Crippen molar-refractivity contribution in [1.82, 2.24) is 4.57 Å². The van der Waals surface area contributed by atoms with Crippen LogP contribution in [0.5, 0.6) is 0 Å². The van der Waals surface area contributed by atoms with Crippen LogP contribution in [0.15, 0.2) is 164 Å². The van der Waals surface area contributed by atoms with Crippen molar-refractivity contribution in [1.29, 1.82) is 0 Å². The van der Waals surface area contributed by atoms with E-state index in [1.54, 1.807) is 0 Å². The van der Waals surface area contributed by atoms with Crippen LogP contribution in [0.3, 0.4) is 0 Å². The minimum absolute atomic E-state index is 1.17. The van der Waals surface area contributed by atoms with Gasteiger partial charge in [-0.1, -0.05) is 140 Å². The first kappa shape index (κ1) is 24.0. The Kier molecular flexibility index (Phi) is 5.27. The Balaban J connectivity index is 1.41. The SMILES string of the molecule is c1ccc(-n2c3ccccc3c3ccc(-c4c5ccccc5c(-c5cccc6ccccc56)c5ccccc45)cc32)cc1. The fourth-order valence-corrected chi connectivity index (χ4v) is 7.15. The Morgan fingerprint density at radius 1 is 0.326 bits per heavy atom. The molecule has 43 heavy (non-hydrogen) atoms. The summed E-state index contributed by atoms with van der Waals surface area (Å²) in [4.78, 5) is 0. The fourth-order valence-electron chi connectivity index (χ4n) is 7.15. The highest BCUT2D eigenvalue weighted by atomic mass is 15.0. The van der Waals surface area contributed by atoms with Crippen LogP contribution in [-0.2, 0) is 0 Å². The topological polar surface area (TPSA) is 4.93 Å². The molecule has 0 aliphatic heterocycles. The molecule has 0 spiro atoms. The number of para-hydroxylation sites is 2. The van der Waals surface area contributed by atoms with Crippen molar-refractivity contribution < 1.29 is 0 Å². The molecule has 0 fully saturated rings. The van der Waals surface area contributed by atoms with E-state index in [2.05, 4.69) is 168 Å². The number of aromatic nitrogens is 1. The zero-order valence-corrected chi connectivity index (χ0v) is 23.5. The fraction of sp³-hybridized carbons (Fsp3) is 0. The molecule has 9 rings (SSSR count). The highest BCUT2D eigenvalue weighted by Crippen LogP contribution is 2.46. The predicted octanol–water partition coefficient (Wildman–Crippen LogP) is 11.6. The molecule has 0 N–H and O–H groups in total. The molecule has 1 heteroatoms. The number of hydrogen-bond acceptors (Lipinski definition) is 0. The normalized spacial score (nSPS) is 11.7. The Morgan fingerprint density at radius 2 is 0.860 bits per heavy atom. The standard InChI is InChI=1S/C42H27N/c1-2-15-30(16-3-1)43-39-24-11-10-18-32(39)33-26-25-29(27-40(33)43)41-35-19-6-8-21-37(35)42(38-22-9-7-20-36(38)41)34-23-12-14-28-13-4-5-17-31(28)34/h1-27H. The van der Waals surface area contributed by atoms with Crippen LogP contribution in [0.2, 0.25) is 0 Å². The molecule has 0 aliphatic carbocycles. The smallest absolute Gasteiger partial charge is 0.0547 e. The van der Waals surface area contributed by atoms with Gasteiger partial charge < -0.3 is 4.57 Å². The minimum atomic E-state index is 1.17. The largest absolute Gasteiger partial charge is 0.309 e. The first-order valence-electron chi connectivity index (χ1n) is 14.9. The van der Waals surface area contributed by atoms with E-state index < -0.39 is 0 Å². The minimum Gasteiger partial charge on any atom is -0.309 e. The van der Waals surface area contributed by atoms with Crippen molar-refractivity contribution in [2.75, 3.05) is 0 Å². The van der Waals surface area contributed by atoms with E-state index in [-0.39, 0.29) is 0 Å². The maximum atomic E-state index is 2.41. The summed E-state index contributed by atoms with van der Waals surface area (Å²) in [6.45, 7) is 0. The van der Waals surface area contributed by atoms with Gasteiger partial charge in [-0.2, -0.15) is 0 Å². The lowest BCUT2D eigenvalue weighted by atomic mass is 9.84. The van der Waals surface area contributed by atoms with E-state index in [0.29, 0.717) is 0 Å². The van der Waals surface area contributed by atoms with Crippen molar-refractivity contribution in [3.8, 4) is 27.9 Å². The van der Waals surface area contributed by atoms with E-state index in [0.717, 1.165) is 0 Å². The zero-order chi connectivity index (χ0) is 28.3. The second kappa shape index (κ2) is 9.44. The Morgan fingerprint density at radius 3 is 1.58 bits per heavy atom. The van der Waals surface area contributed by atoms with Crippen molar-refractivity contribution in [2.45, 2.75) is 0 Å². The summed E-state index contributed by atoms with van der Waals surface area (Å²) in [7, 11) is 0. The van der Waals surface area contributed by atoms with E-state index in [9.17, 15) is 0 Å². The second-order valence-electron chi connectivity index (χ2n) is 11.3. The average molecular weight is 546 g/mol. The van der Waals surface area contributed by atoms with Gasteiger partial charge in [0.1, 0.15) is 0 Å². The van der Waals surface area contributed by atoms with Gasteiger partial charge in [0.2, 0.25) is 0 Å². The lowest BCUT2D eigenvalue weighted by Crippen LogP contribution is -1.94. The molecule has 0 radical (unpaired) electrons. The van der Waals surface area contributed by atoms with E-state index >= 15 is 0 Å². The number of nitrogens with zero attached hydrogens (tertiary/aromatic N) is 1. The van der Waals surface area contributed by atoms with Crippen molar-refractivity contribution in [2.24, 2.45) is 0 Å². The van der Waals surface area contributed by atoms with E-state index in [4.69, 9.17) is 0 Å². The van der Waals surface area contributed by atoms with Gasteiger partial charge in [0.05, 0.1) is 11.0 Å². The predicted molar refractivity (Wildman–Crippen MR) is 184 cm³/mol. The van der Waals surface area contributed by atoms with Gasteiger partial charge >= 0.3 is 0 Å². The van der Waals surface area contributed by atoms with Crippen molar-refractivity contribution in [3.05, 3.63) is 164 Å². The van der Waals surface area contributed by atoms with Crippen molar-refractivity contribution >= 4 is 54.1 Å². The van der Waals surface area contributed by atoms with Crippen LogP contribution >= 0.6 is 0 Å². The molecule has 1 aromatic heterocycles. The third-order valence-electron chi connectivity index (χ3n) is 8.97. The van der Waals surface area contributed by atoms with Gasteiger partial charge in [-0.05, 0) is 78.8 Å². The molecule has 0 unspecified atom stereocenters. The second-order valence-corrected chi connectivity index (χ2v) is 11.3. The molecule has 0 atom stereocenters. The third kappa shape index (κ3) is 3.58. The Hall–Kier alpha value is -5.66. The first-order chi connectivity index (χ1) is 21.4. The number of hydrogen-bond donors (Lipinski definition) is 0. The van der Waals surface area contributed by atoms with Crippen LogP contribution in [-0.4, -0.2) is 4.57 Å². The van der Waals surface area contributed by atoms with Gasteiger partial charge in [-0.15, -0.1) is 0 Å². The molecular weight excluding hydrogens is 518 g/mol. The quantitative estimate of drug-likeness (QED) is 0.195. The van der Waals surface area contributed by atoms with Gasteiger partial charge in [-0.3, -0.25) is 0 Å². The van der Waals surface area contributed by atoms with Crippen LogP contribution in [0, 0.1) is 0 Å². The monoisotopic (exact) mass is 545 g/mol.